The van der Waals surface area contributed by atoms with Crippen molar-refractivity contribution < 1.29 is 26.8 Å². The molecule has 7 nitrogen and oxygen atoms in total. The van der Waals surface area contributed by atoms with Crippen LogP contribution in [0, 0.1) is 11.6 Å². The number of sulfonamides is 1. The van der Waals surface area contributed by atoms with E-state index in [1.807, 2.05) is 0 Å². The van der Waals surface area contributed by atoms with Crippen LogP contribution in [-0.4, -0.2) is 43.8 Å². The van der Waals surface area contributed by atoms with Crippen LogP contribution in [0.25, 0.3) is 0 Å². The molecule has 2 amide bonds. The highest BCUT2D eigenvalue weighted by atomic mass is 32.2. The number of carbonyl (C=O) groups excluding carboxylic acids is 2. The largest absolute Gasteiger partial charge is 0.352 e. The number of benzene rings is 3. The quantitative estimate of drug-likeness (QED) is 0.371. The molecule has 1 atom stereocenters. The lowest BCUT2D eigenvalue weighted by Crippen LogP contribution is -2.53. The van der Waals surface area contributed by atoms with Crippen LogP contribution in [0.15, 0.2) is 83.8 Å². The first-order valence-corrected chi connectivity index (χ1v) is 14.8. The van der Waals surface area contributed by atoms with Gasteiger partial charge in [-0.25, -0.2) is 17.2 Å². The van der Waals surface area contributed by atoms with E-state index in [9.17, 15) is 26.8 Å². The zero-order valence-electron chi connectivity index (χ0n) is 22.3. The van der Waals surface area contributed by atoms with Gasteiger partial charge in [0.2, 0.25) is 11.8 Å². The summed E-state index contributed by atoms with van der Waals surface area (Å²) >= 11 is 0. The van der Waals surface area contributed by atoms with Gasteiger partial charge in [0.15, 0.2) is 0 Å². The Morgan fingerprint density at radius 3 is 2.17 bits per heavy atom. The molecule has 0 saturated heterocycles. The summed E-state index contributed by atoms with van der Waals surface area (Å²) in [5.74, 6) is -2.35. The first-order chi connectivity index (χ1) is 19.2. The standard InChI is InChI=1S/C30H33F2N3O4S/c1-22(30(37)33-25-10-4-2-5-11-25)34(20-23-16-18-24(31)19-17-23)29(36)21-35(28-15-9-8-14-27(28)32)40(38,39)26-12-6-3-7-13-26/h3,6-9,12-19,22,25H,2,4-5,10-11,20-21H2,1H3,(H,33,37)/t22-/m1/s1. The normalized spacial score (nSPS) is 14.8. The van der Waals surface area contributed by atoms with Gasteiger partial charge < -0.3 is 10.2 Å². The number of anilines is 1. The first-order valence-electron chi connectivity index (χ1n) is 13.3. The van der Waals surface area contributed by atoms with Crippen LogP contribution in [0.4, 0.5) is 14.5 Å². The number of rotatable bonds is 10. The molecule has 0 unspecified atom stereocenters. The Morgan fingerprint density at radius 2 is 1.52 bits per heavy atom. The van der Waals surface area contributed by atoms with Gasteiger partial charge in [0.05, 0.1) is 10.6 Å². The molecule has 4 rings (SSSR count). The smallest absolute Gasteiger partial charge is 0.264 e. The molecular weight excluding hydrogens is 536 g/mol. The molecule has 10 heteroatoms. The van der Waals surface area contributed by atoms with Gasteiger partial charge in [0.1, 0.15) is 24.2 Å². The molecule has 1 saturated carbocycles. The van der Waals surface area contributed by atoms with E-state index >= 15 is 0 Å². The molecule has 1 aliphatic rings. The van der Waals surface area contributed by atoms with E-state index in [0.29, 0.717) is 5.56 Å². The Hall–Kier alpha value is -3.79. The van der Waals surface area contributed by atoms with Gasteiger partial charge in [-0.15, -0.1) is 0 Å². The summed E-state index contributed by atoms with van der Waals surface area (Å²) in [6.45, 7) is 0.744. The fraction of sp³-hybridized carbons (Fsp3) is 0.333. The second kappa shape index (κ2) is 13.0. The molecule has 3 aromatic rings. The Labute approximate surface area is 233 Å². The van der Waals surface area contributed by atoms with Crippen molar-refractivity contribution in [2.45, 2.75) is 62.6 Å². The molecule has 3 aromatic carbocycles. The number of carbonyl (C=O) groups is 2. The van der Waals surface area contributed by atoms with Crippen LogP contribution in [0.2, 0.25) is 0 Å². The second-order valence-corrected chi connectivity index (χ2v) is 11.8. The van der Waals surface area contributed by atoms with Crippen LogP contribution in [0.5, 0.6) is 0 Å². The number of hydrogen-bond acceptors (Lipinski definition) is 4. The molecule has 212 valence electrons. The van der Waals surface area contributed by atoms with E-state index in [2.05, 4.69) is 5.32 Å². The maximum atomic E-state index is 14.9. The van der Waals surface area contributed by atoms with Gasteiger partial charge in [0.25, 0.3) is 10.0 Å². The Morgan fingerprint density at radius 1 is 0.900 bits per heavy atom. The number of halogens is 2. The van der Waals surface area contributed by atoms with Crippen molar-refractivity contribution in [3.05, 3.63) is 96.1 Å². The van der Waals surface area contributed by atoms with Crippen LogP contribution >= 0.6 is 0 Å². The van der Waals surface area contributed by atoms with Crippen molar-refractivity contribution in [3.63, 3.8) is 0 Å². The van der Waals surface area contributed by atoms with E-state index < -0.39 is 40.2 Å². The minimum absolute atomic E-state index is 0.000144. The maximum Gasteiger partial charge on any atom is 0.264 e. The van der Waals surface area contributed by atoms with Crippen molar-refractivity contribution in [1.29, 1.82) is 0 Å². The number of amides is 2. The molecule has 40 heavy (non-hydrogen) atoms. The minimum Gasteiger partial charge on any atom is -0.352 e. The second-order valence-electron chi connectivity index (χ2n) is 9.94. The lowest BCUT2D eigenvalue weighted by Gasteiger charge is -2.33. The van der Waals surface area contributed by atoms with Gasteiger partial charge in [-0.05, 0) is 61.7 Å². The number of hydrogen-bond donors (Lipinski definition) is 1. The van der Waals surface area contributed by atoms with E-state index in [-0.39, 0.29) is 29.1 Å². The molecule has 0 bridgehead atoms. The predicted octanol–water partition coefficient (Wildman–Crippen LogP) is 5.03. The van der Waals surface area contributed by atoms with Crippen LogP contribution < -0.4 is 9.62 Å². The lowest BCUT2D eigenvalue weighted by molar-refractivity contribution is -0.139. The Balaban J connectivity index is 1.67. The summed E-state index contributed by atoms with van der Waals surface area (Å²) in [5.41, 5.74) is 0.260. The summed E-state index contributed by atoms with van der Waals surface area (Å²) in [4.78, 5) is 28.3. The van der Waals surface area contributed by atoms with Gasteiger partial charge in [-0.3, -0.25) is 13.9 Å². The van der Waals surface area contributed by atoms with Gasteiger partial charge in [-0.2, -0.15) is 0 Å². The summed E-state index contributed by atoms with van der Waals surface area (Å²) < 4.78 is 56.6. The minimum atomic E-state index is -4.36. The SMILES string of the molecule is C[C@H](C(=O)NC1CCCCC1)N(Cc1ccc(F)cc1)C(=O)CN(c1ccccc1F)S(=O)(=O)c1ccccc1. The summed E-state index contributed by atoms with van der Waals surface area (Å²) in [5, 5.41) is 3.01. The average molecular weight is 570 g/mol. The first kappa shape index (κ1) is 29.2. The summed E-state index contributed by atoms with van der Waals surface area (Å²) in [7, 11) is -4.36. The van der Waals surface area contributed by atoms with Gasteiger partial charge in [-0.1, -0.05) is 61.7 Å². The molecule has 1 fully saturated rings. The van der Waals surface area contributed by atoms with Gasteiger partial charge in [0, 0.05) is 12.6 Å². The monoisotopic (exact) mass is 569 g/mol. The van der Waals surface area contributed by atoms with Crippen molar-refractivity contribution >= 4 is 27.5 Å². The van der Waals surface area contributed by atoms with Crippen molar-refractivity contribution in [3.8, 4) is 0 Å². The van der Waals surface area contributed by atoms with E-state index in [1.54, 1.807) is 13.0 Å². The lowest BCUT2D eigenvalue weighted by atomic mass is 9.95. The van der Waals surface area contributed by atoms with Crippen molar-refractivity contribution in [1.82, 2.24) is 10.2 Å². The average Bonchev–Trinajstić information content (AvgIpc) is 2.96. The predicted molar refractivity (Wildman–Crippen MR) is 149 cm³/mol. The molecule has 0 spiro atoms. The third-order valence-electron chi connectivity index (χ3n) is 7.12. The topological polar surface area (TPSA) is 86.8 Å². The fourth-order valence-corrected chi connectivity index (χ4v) is 6.27. The highest BCUT2D eigenvalue weighted by Gasteiger charge is 2.34. The number of nitrogens with one attached hydrogen (secondary N) is 1. The molecular formula is C30H33F2N3O4S. The van der Waals surface area contributed by atoms with E-state index in [0.717, 1.165) is 42.5 Å². The van der Waals surface area contributed by atoms with Crippen molar-refractivity contribution in [2.24, 2.45) is 0 Å². The molecule has 0 aromatic heterocycles. The maximum absolute atomic E-state index is 14.9. The van der Waals surface area contributed by atoms with E-state index in [1.165, 1.54) is 71.6 Å². The van der Waals surface area contributed by atoms with Crippen LogP contribution in [0.3, 0.4) is 0 Å². The van der Waals surface area contributed by atoms with Crippen molar-refractivity contribution in [2.75, 3.05) is 10.8 Å². The van der Waals surface area contributed by atoms with Crippen LogP contribution in [0.1, 0.15) is 44.6 Å². The van der Waals surface area contributed by atoms with Crippen LogP contribution in [-0.2, 0) is 26.2 Å². The zero-order chi connectivity index (χ0) is 28.7. The third-order valence-corrected chi connectivity index (χ3v) is 8.89. The molecule has 0 heterocycles. The summed E-state index contributed by atoms with van der Waals surface area (Å²) in [6.07, 6.45) is 4.82. The Bertz CT molecular complexity index is 1410. The molecule has 1 aliphatic carbocycles. The summed E-state index contributed by atoms with van der Waals surface area (Å²) in [6, 6.07) is 17.3. The molecule has 0 radical (unpaired) electrons. The highest BCUT2D eigenvalue weighted by molar-refractivity contribution is 7.92. The number of para-hydroxylation sites is 1. The number of nitrogens with zero attached hydrogens (tertiary/aromatic N) is 2. The zero-order valence-corrected chi connectivity index (χ0v) is 23.1. The molecule has 1 N–H and O–H groups in total. The Kier molecular flexibility index (Phi) is 9.52. The highest BCUT2D eigenvalue weighted by Crippen LogP contribution is 2.27. The third kappa shape index (κ3) is 7.04. The fourth-order valence-electron chi connectivity index (χ4n) is 4.82. The van der Waals surface area contributed by atoms with E-state index in [4.69, 9.17) is 0 Å². The van der Waals surface area contributed by atoms with Gasteiger partial charge >= 0.3 is 0 Å². The molecule has 0 aliphatic heterocycles.